The lowest BCUT2D eigenvalue weighted by Crippen LogP contribution is -2.65. The Balaban J connectivity index is 1.67. The summed E-state index contributed by atoms with van der Waals surface area (Å²) in [5, 5.41) is 87.3. The summed E-state index contributed by atoms with van der Waals surface area (Å²) in [7, 11) is 0. The summed E-state index contributed by atoms with van der Waals surface area (Å²) in [6.45, 7) is 2.81. The lowest BCUT2D eigenvalue weighted by Gasteiger charge is -2.46. The molecular formula is C69H129NO13. The first-order valence-corrected chi connectivity index (χ1v) is 34.7. The molecule has 0 aromatic rings. The third-order valence-electron chi connectivity index (χ3n) is 17.1. The van der Waals surface area contributed by atoms with E-state index < -0.39 is 86.8 Å². The summed E-state index contributed by atoms with van der Waals surface area (Å²) in [6.07, 6.45) is 52.2. The zero-order valence-electron chi connectivity index (χ0n) is 53.0. The molecule has 2 aliphatic heterocycles. The third-order valence-corrected chi connectivity index (χ3v) is 17.1. The summed E-state index contributed by atoms with van der Waals surface area (Å²) in [4.78, 5) is 13.3. The molecule has 0 aliphatic carbocycles. The van der Waals surface area contributed by atoms with Gasteiger partial charge in [-0.05, 0) is 44.9 Å². The van der Waals surface area contributed by atoms with Gasteiger partial charge in [-0.15, -0.1) is 0 Å². The minimum atomic E-state index is -1.79. The average Bonchev–Trinajstić information content (AvgIpc) is 3.56. The fourth-order valence-electron chi connectivity index (χ4n) is 11.5. The zero-order valence-corrected chi connectivity index (χ0v) is 53.0. The largest absolute Gasteiger partial charge is 0.394 e. The molecule has 1 amide bonds. The van der Waals surface area contributed by atoms with Gasteiger partial charge >= 0.3 is 0 Å². The van der Waals surface area contributed by atoms with E-state index in [4.69, 9.17) is 18.9 Å². The lowest BCUT2D eigenvalue weighted by atomic mass is 9.97. The van der Waals surface area contributed by atoms with Gasteiger partial charge in [-0.2, -0.15) is 0 Å². The minimum absolute atomic E-state index is 0.249. The Labute approximate surface area is 506 Å². The lowest BCUT2D eigenvalue weighted by molar-refractivity contribution is -0.359. The van der Waals surface area contributed by atoms with Crippen LogP contribution in [0.15, 0.2) is 36.5 Å². The van der Waals surface area contributed by atoms with E-state index in [-0.39, 0.29) is 18.9 Å². The van der Waals surface area contributed by atoms with Crippen molar-refractivity contribution in [2.75, 3.05) is 19.8 Å². The van der Waals surface area contributed by atoms with Gasteiger partial charge in [0, 0.05) is 6.42 Å². The Morgan fingerprint density at radius 2 is 0.771 bits per heavy atom. The number of allylic oxidation sites excluding steroid dienone is 5. The Morgan fingerprint density at radius 3 is 1.18 bits per heavy atom. The molecule has 0 saturated carbocycles. The van der Waals surface area contributed by atoms with Gasteiger partial charge in [0.1, 0.15) is 48.8 Å². The van der Waals surface area contributed by atoms with E-state index in [0.717, 1.165) is 44.9 Å². The first kappa shape index (κ1) is 77.3. The predicted octanol–water partition coefficient (Wildman–Crippen LogP) is 13.7. The van der Waals surface area contributed by atoms with Crippen molar-refractivity contribution in [1.82, 2.24) is 5.32 Å². The number of hydrogen-bond donors (Lipinski definition) is 9. The fraction of sp³-hybridized carbons (Fsp3) is 0.899. The number of carbonyl (C=O) groups is 1. The molecule has 0 bridgehead atoms. The van der Waals surface area contributed by atoms with E-state index in [1.165, 1.54) is 225 Å². The number of aliphatic hydroxyl groups excluding tert-OH is 8. The number of hydrogen-bond acceptors (Lipinski definition) is 13. The maximum Gasteiger partial charge on any atom is 0.220 e. The van der Waals surface area contributed by atoms with Crippen LogP contribution in [0.1, 0.15) is 303 Å². The molecule has 2 aliphatic rings. The highest BCUT2D eigenvalue weighted by atomic mass is 16.7. The number of carbonyl (C=O) groups excluding carboxylic acids is 1. The molecule has 0 radical (unpaired) electrons. The van der Waals surface area contributed by atoms with Crippen molar-refractivity contribution < 1.29 is 64.6 Å². The Morgan fingerprint density at radius 1 is 0.422 bits per heavy atom. The van der Waals surface area contributed by atoms with Crippen molar-refractivity contribution in [2.24, 2.45) is 0 Å². The summed E-state index contributed by atoms with van der Waals surface area (Å²) in [6, 6.07) is -0.936. The molecule has 14 heteroatoms. The monoisotopic (exact) mass is 1180 g/mol. The summed E-state index contributed by atoms with van der Waals surface area (Å²) < 4.78 is 22.8. The van der Waals surface area contributed by atoms with Crippen LogP contribution >= 0.6 is 0 Å². The summed E-state index contributed by atoms with van der Waals surface area (Å²) >= 11 is 0. The van der Waals surface area contributed by atoms with Gasteiger partial charge in [0.05, 0.1) is 32.0 Å². The topological polar surface area (TPSA) is 228 Å². The minimum Gasteiger partial charge on any atom is -0.394 e. The van der Waals surface area contributed by atoms with Crippen molar-refractivity contribution >= 4 is 5.91 Å². The smallest absolute Gasteiger partial charge is 0.220 e. The van der Waals surface area contributed by atoms with E-state index in [9.17, 15) is 45.6 Å². The molecule has 0 aromatic carbocycles. The number of unbranched alkanes of at least 4 members (excludes halogenated alkanes) is 40. The molecule has 83 heavy (non-hydrogen) atoms. The average molecular weight is 1180 g/mol. The van der Waals surface area contributed by atoms with Crippen LogP contribution < -0.4 is 5.32 Å². The van der Waals surface area contributed by atoms with Crippen LogP contribution in [0.2, 0.25) is 0 Å². The Bertz CT molecular complexity index is 1530. The van der Waals surface area contributed by atoms with Crippen molar-refractivity contribution in [3.63, 3.8) is 0 Å². The fourth-order valence-corrected chi connectivity index (χ4v) is 11.5. The van der Waals surface area contributed by atoms with Gasteiger partial charge in [0.15, 0.2) is 12.6 Å². The molecule has 0 aromatic heterocycles. The quantitative estimate of drug-likeness (QED) is 0.0204. The molecule has 2 heterocycles. The first-order valence-electron chi connectivity index (χ1n) is 34.7. The molecule has 14 nitrogen and oxygen atoms in total. The van der Waals surface area contributed by atoms with Gasteiger partial charge < -0.3 is 65.1 Å². The van der Waals surface area contributed by atoms with Crippen LogP contribution in [0.25, 0.3) is 0 Å². The number of aliphatic hydroxyl groups is 8. The summed E-state index contributed by atoms with van der Waals surface area (Å²) in [5.41, 5.74) is 0. The number of nitrogens with one attached hydrogen (secondary N) is 1. The molecule has 488 valence electrons. The van der Waals surface area contributed by atoms with Crippen molar-refractivity contribution in [3.05, 3.63) is 36.5 Å². The molecule has 2 rings (SSSR count). The normalized spacial score (nSPS) is 24.0. The van der Waals surface area contributed by atoms with Crippen LogP contribution in [0, 0.1) is 0 Å². The molecule has 0 spiro atoms. The van der Waals surface area contributed by atoms with Crippen LogP contribution in [0.5, 0.6) is 0 Å². The van der Waals surface area contributed by atoms with Gasteiger partial charge in [0.2, 0.25) is 5.91 Å². The Hall–Kier alpha value is -1.79. The second kappa shape index (κ2) is 54.4. The highest BCUT2D eigenvalue weighted by Crippen LogP contribution is 2.30. The van der Waals surface area contributed by atoms with Crippen LogP contribution in [0.3, 0.4) is 0 Å². The van der Waals surface area contributed by atoms with Crippen molar-refractivity contribution in [3.8, 4) is 0 Å². The molecular weight excluding hydrogens is 1050 g/mol. The summed E-state index contributed by atoms with van der Waals surface area (Å²) in [5.74, 6) is -0.249. The van der Waals surface area contributed by atoms with E-state index in [0.29, 0.717) is 12.8 Å². The molecule has 2 fully saturated rings. The van der Waals surface area contributed by atoms with Gasteiger partial charge in [-0.3, -0.25) is 4.79 Å². The maximum absolute atomic E-state index is 13.3. The number of rotatable bonds is 57. The Kier molecular flexibility index (Phi) is 50.6. The van der Waals surface area contributed by atoms with Gasteiger partial charge in [0.25, 0.3) is 0 Å². The third kappa shape index (κ3) is 39.0. The van der Waals surface area contributed by atoms with E-state index >= 15 is 0 Å². The predicted molar refractivity (Wildman–Crippen MR) is 337 cm³/mol. The second-order valence-electron chi connectivity index (χ2n) is 24.6. The van der Waals surface area contributed by atoms with Crippen molar-refractivity contribution in [1.29, 1.82) is 0 Å². The first-order chi connectivity index (χ1) is 40.6. The molecule has 12 unspecified atom stereocenters. The highest BCUT2D eigenvalue weighted by molar-refractivity contribution is 5.76. The number of ether oxygens (including phenoxy) is 4. The zero-order chi connectivity index (χ0) is 60.2. The van der Waals surface area contributed by atoms with Crippen LogP contribution in [-0.4, -0.2) is 140 Å². The van der Waals surface area contributed by atoms with E-state index in [1.54, 1.807) is 6.08 Å². The molecule has 2 saturated heterocycles. The van der Waals surface area contributed by atoms with Crippen LogP contribution in [0.4, 0.5) is 0 Å². The van der Waals surface area contributed by atoms with Gasteiger partial charge in [-0.1, -0.05) is 288 Å². The van der Waals surface area contributed by atoms with Crippen LogP contribution in [-0.2, 0) is 23.7 Å². The van der Waals surface area contributed by atoms with Gasteiger partial charge in [-0.25, -0.2) is 0 Å². The molecule has 9 N–H and O–H groups in total. The SMILES string of the molecule is CCCCCCCCCCCCCCCCCCCCCCCCC/C=C/CC/C=C/CC/C=C/C(O)C(COC1OC(CO)C(OC2OC(CO)C(O)C(O)C2O)C(O)C1O)NC(=O)CCCCCCCCCCCCCCCCCC. The van der Waals surface area contributed by atoms with E-state index in [1.807, 2.05) is 6.08 Å². The maximum atomic E-state index is 13.3. The van der Waals surface area contributed by atoms with Crippen molar-refractivity contribution in [2.45, 2.75) is 376 Å². The second-order valence-corrected chi connectivity index (χ2v) is 24.6. The number of amides is 1. The van der Waals surface area contributed by atoms with E-state index in [2.05, 4.69) is 43.5 Å². The highest BCUT2D eigenvalue weighted by Gasteiger charge is 2.51. The molecule has 12 atom stereocenters. The standard InChI is InChI=1S/C69H129NO13/c1-3-5-7-9-11-13-15-17-19-21-22-23-24-25-26-27-28-29-30-31-32-33-34-35-36-37-38-40-42-44-46-48-50-52-58(73)57(70-61(74)53-51-49-47-45-43-41-39-20-18-16-14-12-10-8-6-4-2)56-80-68-66(79)64(77)67(60(55-72)82-68)83-69-65(78)63(76)62(75)59(54-71)81-69/h36-37,42,44,50,52,57-60,62-69,71-73,75-79H,3-35,38-41,43,45-49,51,53-56H2,1-2H3,(H,70,74)/b37-36+,44-42+,52-50+.